The number of aromatic nitrogens is 1. The van der Waals surface area contributed by atoms with Gasteiger partial charge in [-0.3, -0.25) is 4.98 Å². The highest BCUT2D eigenvalue weighted by Crippen LogP contribution is 2.42. The van der Waals surface area contributed by atoms with E-state index in [2.05, 4.69) is 82.3 Å². The molecule has 0 aliphatic rings. The number of fused-ring (bicyclic) bond motifs is 1. The highest BCUT2D eigenvalue weighted by molar-refractivity contribution is 5.95. The first-order valence-electron chi connectivity index (χ1n) is 9.05. The number of hydrogen-bond donors (Lipinski definition) is 0. The Kier molecular flexibility index (Phi) is 4.71. The van der Waals surface area contributed by atoms with Crippen LogP contribution < -0.4 is 0 Å². The molecule has 1 aromatic heterocycles. The molecule has 24 heavy (non-hydrogen) atoms. The van der Waals surface area contributed by atoms with Gasteiger partial charge in [0.05, 0.1) is 5.69 Å². The molecule has 2 unspecified atom stereocenters. The van der Waals surface area contributed by atoms with Crippen LogP contribution in [0.3, 0.4) is 0 Å². The van der Waals surface area contributed by atoms with Gasteiger partial charge in [0.1, 0.15) is 0 Å². The van der Waals surface area contributed by atoms with Crippen LogP contribution in [-0.2, 0) is 5.41 Å². The average Bonchev–Trinajstić information content (AvgIpc) is 2.66. The molecule has 1 heterocycles. The van der Waals surface area contributed by atoms with E-state index in [0.29, 0.717) is 5.92 Å². The number of hydrogen-bond acceptors (Lipinski definition) is 1. The second-order valence-corrected chi connectivity index (χ2v) is 7.01. The van der Waals surface area contributed by atoms with E-state index in [0.717, 1.165) is 12.1 Å². The maximum Gasteiger partial charge on any atom is 0.0783 e. The minimum Gasteiger partial charge on any atom is -0.256 e. The number of nitrogens with zero attached hydrogens (tertiary/aromatic N) is 1. The van der Waals surface area contributed by atoms with Crippen molar-refractivity contribution in [2.24, 2.45) is 5.92 Å². The van der Waals surface area contributed by atoms with Gasteiger partial charge in [-0.25, -0.2) is 0 Å². The van der Waals surface area contributed by atoms with Gasteiger partial charge in [0.25, 0.3) is 0 Å². The van der Waals surface area contributed by atoms with Crippen molar-refractivity contribution in [3.8, 4) is 11.3 Å². The summed E-state index contributed by atoms with van der Waals surface area (Å²) in [5.41, 5.74) is 3.96. The summed E-state index contributed by atoms with van der Waals surface area (Å²) in [4.78, 5) is 4.77. The van der Waals surface area contributed by atoms with Gasteiger partial charge in [-0.05, 0) is 34.8 Å². The van der Waals surface area contributed by atoms with Crippen LogP contribution in [-0.4, -0.2) is 4.98 Å². The summed E-state index contributed by atoms with van der Waals surface area (Å²) in [6, 6.07) is 19.5. The Morgan fingerprint density at radius 1 is 0.958 bits per heavy atom. The molecule has 0 bridgehead atoms. The van der Waals surface area contributed by atoms with Crippen LogP contribution in [0.4, 0.5) is 0 Å². The fourth-order valence-corrected chi connectivity index (χ4v) is 3.78. The molecule has 2 aromatic carbocycles. The first-order valence-corrected chi connectivity index (χ1v) is 9.05. The van der Waals surface area contributed by atoms with Crippen LogP contribution in [0.25, 0.3) is 22.0 Å². The van der Waals surface area contributed by atoms with E-state index < -0.39 is 0 Å². The summed E-state index contributed by atoms with van der Waals surface area (Å²) in [5.74, 6) is 0.624. The zero-order chi connectivity index (χ0) is 17.2. The molecule has 0 aliphatic carbocycles. The second kappa shape index (κ2) is 6.76. The summed E-state index contributed by atoms with van der Waals surface area (Å²) < 4.78 is 0. The van der Waals surface area contributed by atoms with Gasteiger partial charge >= 0.3 is 0 Å². The summed E-state index contributed by atoms with van der Waals surface area (Å²) in [7, 11) is 0. The third-order valence-electron chi connectivity index (χ3n) is 5.91. The number of rotatable bonds is 5. The lowest BCUT2D eigenvalue weighted by Crippen LogP contribution is -2.30. The second-order valence-electron chi connectivity index (χ2n) is 7.01. The Morgan fingerprint density at radius 3 is 2.42 bits per heavy atom. The average molecular weight is 317 g/mol. The van der Waals surface area contributed by atoms with Crippen LogP contribution in [0.2, 0.25) is 0 Å². The first-order chi connectivity index (χ1) is 11.6. The van der Waals surface area contributed by atoms with Crippen LogP contribution in [0.15, 0.2) is 60.8 Å². The van der Waals surface area contributed by atoms with Crippen LogP contribution in [0, 0.1) is 5.92 Å². The molecule has 0 fully saturated rings. The van der Waals surface area contributed by atoms with Crippen LogP contribution in [0.1, 0.15) is 46.1 Å². The van der Waals surface area contributed by atoms with E-state index in [1.54, 1.807) is 0 Å². The van der Waals surface area contributed by atoms with Gasteiger partial charge in [-0.15, -0.1) is 0 Å². The van der Waals surface area contributed by atoms with Gasteiger partial charge in [0.2, 0.25) is 0 Å². The van der Waals surface area contributed by atoms with Crippen LogP contribution in [0.5, 0.6) is 0 Å². The van der Waals surface area contributed by atoms with E-state index in [9.17, 15) is 0 Å². The monoisotopic (exact) mass is 317 g/mol. The van der Waals surface area contributed by atoms with Gasteiger partial charge in [0, 0.05) is 17.1 Å². The molecule has 0 spiro atoms. The van der Waals surface area contributed by atoms with Crippen molar-refractivity contribution in [1.82, 2.24) is 4.98 Å². The van der Waals surface area contributed by atoms with Crippen molar-refractivity contribution in [2.45, 2.75) is 46.0 Å². The van der Waals surface area contributed by atoms with E-state index >= 15 is 0 Å². The molecule has 3 aromatic rings. The number of pyridine rings is 1. The van der Waals surface area contributed by atoms with Crippen molar-refractivity contribution in [2.75, 3.05) is 0 Å². The standard InChI is InChI=1S/C23H27N/c1-5-17(3)23(4,6-2)21-14-10-9-13-20(21)22-19-12-8-7-11-18(19)15-16-24-22/h7-17H,5-6H2,1-4H3. The SMILES string of the molecule is CCC(C)C(C)(CC)c1ccccc1-c1nccc2ccccc12. The highest BCUT2D eigenvalue weighted by atomic mass is 14.7. The third kappa shape index (κ3) is 2.73. The summed E-state index contributed by atoms with van der Waals surface area (Å²) in [6.07, 6.45) is 4.24. The summed E-state index contributed by atoms with van der Waals surface area (Å²) in [6.45, 7) is 9.37. The van der Waals surface area contributed by atoms with E-state index in [1.165, 1.54) is 28.3 Å². The van der Waals surface area contributed by atoms with E-state index in [-0.39, 0.29) is 5.41 Å². The van der Waals surface area contributed by atoms with Crippen molar-refractivity contribution < 1.29 is 0 Å². The zero-order valence-corrected chi connectivity index (χ0v) is 15.2. The fraction of sp³-hybridized carbons (Fsp3) is 0.348. The van der Waals surface area contributed by atoms with E-state index in [1.807, 2.05) is 6.20 Å². The predicted octanol–water partition coefficient (Wildman–Crippen LogP) is 6.62. The minimum absolute atomic E-state index is 0.157. The van der Waals surface area contributed by atoms with Crippen molar-refractivity contribution in [1.29, 1.82) is 0 Å². The van der Waals surface area contributed by atoms with Crippen molar-refractivity contribution in [3.63, 3.8) is 0 Å². The molecule has 0 saturated heterocycles. The molecule has 2 atom stereocenters. The molecule has 0 aliphatic heterocycles. The smallest absolute Gasteiger partial charge is 0.0783 e. The fourth-order valence-electron chi connectivity index (χ4n) is 3.78. The van der Waals surface area contributed by atoms with Gasteiger partial charge in [-0.1, -0.05) is 82.6 Å². The Labute approximate surface area is 145 Å². The molecular formula is C23H27N. The maximum absolute atomic E-state index is 4.77. The molecule has 0 radical (unpaired) electrons. The minimum atomic E-state index is 0.157. The molecule has 0 N–H and O–H groups in total. The Morgan fingerprint density at radius 2 is 1.67 bits per heavy atom. The normalized spacial score (nSPS) is 15.2. The molecule has 1 heteroatoms. The first kappa shape index (κ1) is 16.7. The third-order valence-corrected chi connectivity index (χ3v) is 5.91. The highest BCUT2D eigenvalue weighted by Gasteiger charge is 2.32. The zero-order valence-electron chi connectivity index (χ0n) is 15.2. The Balaban J connectivity index is 2.27. The molecule has 124 valence electrons. The van der Waals surface area contributed by atoms with Crippen molar-refractivity contribution >= 4 is 10.8 Å². The predicted molar refractivity (Wildman–Crippen MR) is 104 cm³/mol. The molecular weight excluding hydrogens is 290 g/mol. The summed E-state index contributed by atoms with van der Waals surface area (Å²) >= 11 is 0. The Bertz CT molecular complexity index is 831. The quantitative estimate of drug-likeness (QED) is 0.515. The summed E-state index contributed by atoms with van der Waals surface area (Å²) in [5, 5.41) is 2.48. The van der Waals surface area contributed by atoms with Gasteiger partial charge in [-0.2, -0.15) is 0 Å². The maximum atomic E-state index is 4.77. The largest absolute Gasteiger partial charge is 0.256 e. The van der Waals surface area contributed by atoms with Gasteiger partial charge in [0.15, 0.2) is 0 Å². The molecule has 0 saturated carbocycles. The topological polar surface area (TPSA) is 12.9 Å². The van der Waals surface area contributed by atoms with Crippen molar-refractivity contribution in [3.05, 3.63) is 66.4 Å². The van der Waals surface area contributed by atoms with E-state index in [4.69, 9.17) is 4.98 Å². The van der Waals surface area contributed by atoms with Crippen LogP contribution >= 0.6 is 0 Å². The Hall–Kier alpha value is -2.15. The lowest BCUT2D eigenvalue weighted by molar-refractivity contribution is 0.296. The molecule has 0 amide bonds. The molecule has 3 rings (SSSR count). The van der Waals surface area contributed by atoms with Gasteiger partial charge < -0.3 is 0 Å². The lowest BCUT2D eigenvalue weighted by Gasteiger charge is -2.36. The molecule has 1 nitrogen and oxygen atoms in total. The number of benzene rings is 2. The lowest BCUT2D eigenvalue weighted by atomic mass is 9.68.